The van der Waals surface area contributed by atoms with Crippen LogP contribution in [0.2, 0.25) is 0 Å². The molecule has 0 radical (unpaired) electrons. The Morgan fingerprint density at radius 1 is 1.09 bits per heavy atom. The van der Waals surface area contributed by atoms with Gasteiger partial charge in [0.15, 0.2) is 0 Å². The third-order valence-electron chi connectivity index (χ3n) is 8.03. The van der Waals surface area contributed by atoms with Gasteiger partial charge in [0.25, 0.3) is 0 Å². The number of nitrogens with zero attached hydrogens (tertiary/aromatic N) is 3. The number of fused-ring (bicyclic) bond motifs is 3. The number of hydrogen-bond donors (Lipinski definition) is 1. The zero-order chi connectivity index (χ0) is 25.2. The van der Waals surface area contributed by atoms with Gasteiger partial charge < -0.3 is 29.5 Å². The van der Waals surface area contributed by atoms with Gasteiger partial charge in [0.1, 0.15) is 23.1 Å². The van der Waals surface area contributed by atoms with Gasteiger partial charge in [-0.1, -0.05) is 32.1 Å². The number of likely N-dealkylation sites (N-methyl/N-ethyl adjacent to an activating group) is 1. The number of nitrogens with one attached hydrogen (secondary N) is 1. The highest BCUT2D eigenvalue weighted by molar-refractivity contribution is 5.99. The Morgan fingerprint density at radius 2 is 1.71 bits per heavy atom. The summed E-state index contributed by atoms with van der Waals surface area (Å²) >= 11 is 0. The van der Waals surface area contributed by atoms with Crippen LogP contribution in [0.5, 0.6) is 11.5 Å². The lowest BCUT2D eigenvalue weighted by Gasteiger charge is -2.50. The molecule has 2 amide bonds. The lowest BCUT2D eigenvalue weighted by molar-refractivity contribution is -0.151. The monoisotopic (exact) mass is 486 g/mol. The molecule has 4 rings (SSSR count). The number of piperazine rings is 1. The zero-order valence-electron chi connectivity index (χ0n) is 22.1. The molecule has 1 saturated carbocycles. The summed E-state index contributed by atoms with van der Waals surface area (Å²) in [5, 5.41) is 3.36. The molecular formula is C27H42N4O4. The second-order valence-electron chi connectivity index (χ2n) is 10.7. The largest absolute Gasteiger partial charge is 0.496 e. The molecule has 1 aromatic carbocycles. The molecular weight excluding hydrogens is 444 g/mol. The van der Waals surface area contributed by atoms with Crippen LogP contribution < -0.4 is 19.7 Å². The highest BCUT2D eigenvalue weighted by Crippen LogP contribution is 2.48. The molecule has 2 heterocycles. The summed E-state index contributed by atoms with van der Waals surface area (Å²) in [5.41, 5.74) is 0.867. The Balaban J connectivity index is 1.67. The summed E-state index contributed by atoms with van der Waals surface area (Å²) in [6.07, 6.45) is 8.59. The SMILES string of the molecule is COc1ccc(OC)c2c1CC1C(=O)N(CCN(C)C)C(C)(C(=O)NC3CCCCCCC3)CN21. The summed E-state index contributed by atoms with van der Waals surface area (Å²) in [6, 6.07) is 3.59. The van der Waals surface area contributed by atoms with E-state index in [2.05, 4.69) is 15.1 Å². The van der Waals surface area contributed by atoms with E-state index >= 15 is 0 Å². The molecule has 2 aliphatic heterocycles. The van der Waals surface area contributed by atoms with Crippen LogP contribution >= 0.6 is 0 Å². The minimum absolute atomic E-state index is 0.00581. The molecule has 0 spiro atoms. The zero-order valence-corrected chi connectivity index (χ0v) is 22.1. The molecule has 1 saturated heterocycles. The summed E-state index contributed by atoms with van der Waals surface area (Å²) in [6.45, 7) is 3.56. The van der Waals surface area contributed by atoms with Crippen LogP contribution in [0.4, 0.5) is 5.69 Å². The van der Waals surface area contributed by atoms with Gasteiger partial charge in [0, 0.05) is 31.1 Å². The summed E-state index contributed by atoms with van der Waals surface area (Å²) in [7, 11) is 7.28. The molecule has 2 atom stereocenters. The Kier molecular flexibility index (Phi) is 7.79. The van der Waals surface area contributed by atoms with Gasteiger partial charge in [-0.2, -0.15) is 0 Å². The summed E-state index contributed by atoms with van der Waals surface area (Å²) in [4.78, 5) is 33.9. The first kappa shape index (κ1) is 25.6. The van der Waals surface area contributed by atoms with Gasteiger partial charge in [0.05, 0.1) is 26.5 Å². The molecule has 3 aliphatic rings. The predicted octanol–water partition coefficient (Wildman–Crippen LogP) is 2.83. The lowest BCUT2D eigenvalue weighted by Crippen LogP contribution is -2.72. The summed E-state index contributed by atoms with van der Waals surface area (Å²) in [5.74, 6) is 1.40. The molecule has 1 N–H and O–H groups in total. The van der Waals surface area contributed by atoms with Crippen molar-refractivity contribution in [1.82, 2.24) is 15.1 Å². The molecule has 1 aliphatic carbocycles. The van der Waals surface area contributed by atoms with E-state index < -0.39 is 5.54 Å². The molecule has 2 fully saturated rings. The molecule has 0 aromatic heterocycles. The molecule has 0 bridgehead atoms. The highest BCUT2D eigenvalue weighted by atomic mass is 16.5. The average Bonchev–Trinajstić information content (AvgIpc) is 3.19. The van der Waals surface area contributed by atoms with Crippen molar-refractivity contribution in [3.8, 4) is 11.5 Å². The van der Waals surface area contributed by atoms with Crippen molar-refractivity contribution in [2.75, 3.05) is 52.8 Å². The number of carbonyl (C=O) groups excluding carboxylic acids is 2. The average molecular weight is 487 g/mol. The van der Waals surface area contributed by atoms with E-state index in [4.69, 9.17) is 9.47 Å². The number of methoxy groups -OCH3 is 2. The molecule has 35 heavy (non-hydrogen) atoms. The quantitative estimate of drug-likeness (QED) is 0.639. The van der Waals surface area contributed by atoms with E-state index in [1.54, 1.807) is 14.2 Å². The molecule has 8 heteroatoms. The second-order valence-corrected chi connectivity index (χ2v) is 10.7. The van der Waals surface area contributed by atoms with Gasteiger partial charge in [-0.25, -0.2) is 0 Å². The van der Waals surface area contributed by atoms with Crippen molar-refractivity contribution in [3.63, 3.8) is 0 Å². The minimum atomic E-state index is -0.984. The number of hydrogen-bond acceptors (Lipinski definition) is 6. The van der Waals surface area contributed by atoms with Crippen LogP contribution in [0.1, 0.15) is 57.4 Å². The van der Waals surface area contributed by atoms with Gasteiger partial charge >= 0.3 is 0 Å². The molecule has 8 nitrogen and oxygen atoms in total. The smallest absolute Gasteiger partial charge is 0.247 e. The third-order valence-corrected chi connectivity index (χ3v) is 8.03. The second kappa shape index (κ2) is 10.6. The van der Waals surface area contributed by atoms with Crippen molar-refractivity contribution in [1.29, 1.82) is 0 Å². The van der Waals surface area contributed by atoms with Gasteiger partial charge in [-0.3, -0.25) is 9.59 Å². The van der Waals surface area contributed by atoms with Crippen molar-refractivity contribution in [3.05, 3.63) is 17.7 Å². The fourth-order valence-corrected chi connectivity index (χ4v) is 5.97. The van der Waals surface area contributed by atoms with Gasteiger partial charge in [-0.15, -0.1) is 0 Å². The van der Waals surface area contributed by atoms with Gasteiger partial charge in [-0.05, 0) is 46.0 Å². The van der Waals surface area contributed by atoms with Crippen molar-refractivity contribution < 1.29 is 19.1 Å². The topological polar surface area (TPSA) is 74.3 Å². The van der Waals surface area contributed by atoms with Gasteiger partial charge in [0.2, 0.25) is 11.8 Å². The summed E-state index contributed by atoms with van der Waals surface area (Å²) < 4.78 is 11.3. The number of rotatable bonds is 7. The number of carbonyl (C=O) groups is 2. The minimum Gasteiger partial charge on any atom is -0.496 e. The Hall–Kier alpha value is -2.48. The van der Waals surface area contributed by atoms with Crippen LogP contribution in [0.3, 0.4) is 0 Å². The number of benzene rings is 1. The predicted molar refractivity (Wildman–Crippen MR) is 137 cm³/mol. The first-order valence-electron chi connectivity index (χ1n) is 13.1. The van der Waals surface area contributed by atoms with Crippen LogP contribution in [-0.2, 0) is 16.0 Å². The third kappa shape index (κ3) is 4.95. The Labute approximate surface area is 209 Å². The van der Waals surface area contributed by atoms with E-state index in [1.807, 2.05) is 38.1 Å². The standard InChI is InChI=1S/C27H42N4O4/c1-27(26(33)28-19-11-9-7-6-8-10-12-19)18-30-21(25(32)31(27)16-15-29(2)3)17-20-22(34-4)13-14-23(35-5)24(20)30/h13-14,19,21H,6-12,15-18H2,1-5H3,(H,28,33). The van der Waals surface area contributed by atoms with E-state index in [1.165, 1.54) is 19.3 Å². The fraction of sp³-hybridized carbons (Fsp3) is 0.704. The Bertz CT molecular complexity index is 928. The highest BCUT2D eigenvalue weighted by Gasteiger charge is 2.54. The van der Waals surface area contributed by atoms with Crippen LogP contribution in [0, 0.1) is 0 Å². The first-order valence-corrected chi connectivity index (χ1v) is 13.1. The number of amides is 2. The van der Waals surface area contributed by atoms with E-state index in [-0.39, 0.29) is 23.9 Å². The normalized spacial score (nSPS) is 25.1. The maximum absolute atomic E-state index is 14.0. The lowest BCUT2D eigenvalue weighted by atomic mass is 9.90. The van der Waals surface area contributed by atoms with E-state index in [0.717, 1.165) is 42.7 Å². The van der Waals surface area contributed by atoms with Crippen molar-refractivity contribution >= 4 is 17.5 Å². The van der Waals surface area contributed by atoms with E-state index in [0.29, 0.717) is 31.8 Å². The maximum atomic E-state index is 14.0. The van der Waals surface area contributed by atoms with Crippen LogP contribution in [-0.4, -0.2) is 87.2 Å². The molecule has 194 valence electrons. The van der Waals surface area contributed by atoms with E-state index in [9.17, 15) is 9.59 Å². The maximum Gasteiger partial charge on any atom is 0.247 e. The van der Waals surface area contributed by atoms with Crippen LogP contribution in [0.15, 0.2) is 12.1 Å². The number of anilines is 1. The number of ether oxygens (including phenoxy) is 2. The van der Waals surface area contributed by atoms with Crippen molar-refractivity contribution in [2.45, 2.75) is 75.9 Å². The fourth-order valence-electron chi connectivity index (χ4n) is 5.97. The molecule has 1 aromatic rings. The first-order chi connectivity index (χ1) is 16.8. The Morgan fingerprint density at radius 3 is 2.34 bits per heavy atom. The van der Waals surface area contributed by atoms with Crippen molar-refractivity contribution in [2.24, 2.45) is 0 Å². The van der Waals surface area contributed by atoms with Crippen LogP contribution in [0.25, 0.3) is 0 Å². The molecule has 2 unspecified atom stereocenters.